The molecule has 0 spiro atoms. The molecule has 2 heterocycles. The van der Waals surface area contributed by atoms with Crippen LogP contribution in [0.15, 0.2) is 35.7 Å². The fraction of sp³-hybridized carbons (Fsp3) is 0.235. The Hall–Kier alpha value is -2.45. The topological polar surface area (TPSA) is 80.3 Å². The summed E-state index contributed by atoms with van der Waals surface area (Å²) in [7, 11) is 0. The van der Waals surface area contributed by atoms with Gasteiger partial charge in [-0.05, 0) is 43.5 Å². The third kappa shape index (κ3) is 4.15. The summed E-state index contributed by atoms with van der Waals surface area (Å²) in [5, 5.41) is 7.74. The molecule has 0 fully saturated rings. The van der Waals surface area contributed by atoms with Gasteiger partial charge in [-0.15, -0.1) is 11.3 Å². The zero-order valence-electron chi connectivity index (χ0n) is 13.7. The van der Waals surface area contributed by atoms with Crippen LogP contribution in [0.3, 0.4) is 0 Å². The summed E-state index contributed by atoms with van der Waals surface area (Å²) < 4.78 is 6.39. The molecule has 2 N–H and O–H groups in total. The van der Waals surface area contributed by atoms with Crippen molar-refractivity contribution in [3.8, 4) is 5.75 Å². The SMILES string of the molecule is CCOc1ccc2nc(NC(=O)C(C)NC(=O)c3cccs3)sc2c1. The first-order chi connectivity index (χ1) is 12.1. The Balaban J connectivity index is 1.65. The number of fused-ring (bicyclic) bond motifs is 1. The highest BCUT2D eigenvalue weighted by Crippen LogP contribution is 2.29. The molecule has 1 atom stereocenters. The van der Waals surface area contributed by atoms with Crippen LogP contribution in [0.5, 0.6) is 5.75 Å². The molecule has 3 rings (SSSR count). The van der Waals surface area contributed by atoms with Gasteiger partial charge in [0.25, 0.3) is 5.91 Å². The minimum Gasteiger partial charge on any atom is -0.494 e. The quantitative estimate of drug-likeness (QED) is 0.691. The molecule has 0 bridgehead atoms. The molecule has 1 unspecified atom stereocenters. The van der Waals surface area contributed by atoms with Gasteiger partial charge in [0.1, 0.15) is 11.8 Å². The fourth-order valence-electron chi connectivity index (χ4n) is 2.17. The summed E-state index contributed by atoms with van der Waals surface area (Å²) in [6, 6.07) is 8.44. The van der Waals surface area contributed by atoms with E-state index < -0.39 is 6.04 Å². The number of anilines is 1. The van der Waals surface area contributed by atoms with E-state index in [1.807, 2.05) is 30.5 Å². The van der Waals surface area contributed by atoms with Gasteiger partial charge in [-0.1, -0.05) is 17.4 Å². The van der Waals surface area contributed by atoms with Crippen molar-refractivity contribution in [2.24, 2.45) is 0 Å². The lowest BCUT2D eigenvalue weighted by atomic mass is 10.3. The predicted octanol–water partition coefficient (Wildman–Crippen LogP) is 3.51. The molecule has 6 nitrogen and oxygen atoms in total. The van der Waals surface area contributed by atoms with Gasteiger partial charge in [-0.2, -0.15) is 0 Å². The summed E-state index contributed by atoms with van der Waals surface area (Å²) in [6.07, 6.45) is 0. The summed E-state index contributed by atoms with van der Waals surface area (Å²) in [5.74, 6) is 0.199. The van der Waals surface area contributed by atoms with Crippen molar-refractivity contribution in [3.05, 3.63) is 40.6 Å². The third-order valence-electron chi connectivity index (χ3n) is 3.39. The maximum atomic E-state index is 12.3. The van der Waals surface area contributed by atoms with E-state index in [1.54, 1.807) is 19.1 Å². The van der Waals surface area contributed by atoms with E-state index >= 15 is 0 Å². The predicted molar refractivity (Wildman–Crippen MR) is 101 cm³/mol. The molecule has 3 aromatic rings. The molecule has 1 aromatic carbocycles. The van der Waals surface area contributed by atoms with Crippen LogP contribution in [-0.2, 0) is 4.79 Å². The van der Waals surface area contributed by atoms with E-state index in [-0.39, 0.29) is 11.8 Å². The van der Waals surface area contributed by atoms with Crippen LogP contribution in [0.4, 0.5) is 5.13 Å². The van der Waals surface area contributed by atoms with Crippen molar-refractivity contribution in [2.45, 2.75) is 19.9 Å². The zero-order valence-corrected chi connectivity index (χ0v) is 15.4. The van der Waals surface area contributed by atoms with E-state index in [2.05, 4.69) is 15.6 Å². The molecule has 0 aliphatic heterocycles. The van der Waals surface area contributed by atoms with Crippen LogP contribution in [0, 0.1) is 0 Å². The number of aromatic nitrogens is 1. The average molecular weight is 375 g/mol. The van der Waals surface area contributed by atoms with Gasteiger partial charge < -0.3 is 15.4 Å². The van der Waals surface area contributed by atoms with Crippen LogP contribution < -0.4 is 15.4 Å². The van der Waals surface area contributed by atoms with E-state index in [9.17, 15) is 9.59 Å². The lowest BCUT2D eigenvalue weighted by Gasteiger charge is -2.12. The second kappa shape index (κ2) is 7.62. The van der Waals surface area contributed by atoms with E-state index in [1.165, 1.54) is 22.7 Å². The second-order valence-corrected chi connectivity index (χ2v) is 7.22. The van der Waals surface area contributed by atoms with Crippen LogP contribution in [0.25, 0.3) is 10.2 Å². The first kappa shape index (κ1) is 17.4. The first-order valence-electron chi connectivity index (χ1n) is 7.75. The summed E-state index contributed by atoms with van der Waals surface area (Å²) >= 11 is 2.70. The Bertz CT molecular complexity index is 890. The van der Waals surface area contributed by atoms with Gasteiger partial charge >= 0.3 is 0 Å². The number of nitrogens with one attached hydrogen (secondary N) is 2. The maximum absolute atomic E-state index is 12.3. The number of carbonyl (C=O) groups is 2. The Kier molecular flexibility index (Phi) is 5.30. The second-order valence-electron chi connectivity index (χ2n) is 5.24. The number of nitrogens with zero attached hydrogens (tertiary/aromatic N) is 1. The molecule has 0 aliphatic rings. The smallest absolute Gasteiger partial charge is 0.261 e. The third-order valence-corrected chi connectivity index (χ3v) is 5.19. The molecule has 2 aromatic heterocycles. The maximum Gasteiger partial charge on any atom is 0.261 e. The van der Waals surface area contributed by atoms with Gasteiger partial charge in [-0.25, -0.2) is 4.98 Å². The van der Waals surface area contributed by atoms with Gasteiger partial charge in [-0.3, -0.25) is 9.59 Å². The number of carbonyl (C=O) groups excluding carboxylic acids is 2. The minimum atomic E-state index is -0.666. The van der Waals surface area contributed by atoms with Gasteiger partial charge in [0.15, 0.2) is 5.13 Å². The zero-order chi connectivity index (χ0) is 17.8. The molecule has 0 saturated heterocycles. The van der Waals surface area contributed by atoms with Gasteiger partial charge in [0.05, 0.1) is 21.7 Å². The largest absolute Gasteiger partial charge is 0.494 e. The van der Waals surface area contributed by atoms with Crippen molar-refractivity contribution in [1.29, 1.82) is 0 Å². The molecule has 0 radical (unpaired) electrons. The highest BCUT2D eigenvalue weighted by Gasteiger charge is 2.18. The standard InChI is InChI=1S/C17H17N3O3S2/c1-3-23-11-6-7-12-14(9-11)25-17(19-12)20-15(21)10(2)18-16(22)13-5-4-8-24-13/h4-10H,3H2,1-2H3,(H,18,22)(H,19,20,21). The number of hydrogen-bond acceptors (Lipinski definition) is 6. The van der Waals surface area contributed by atoms with Crippen LogP contribution in [-0.4, -0.2) is 29.4 Å². The molecular weight excluding hydrogens is 358 g/mol. The Labute approximate surface area is 152 Å². The molecule has 130 valence electrons. The normalized spacial score (nSPS) is 11.9. The molecular formula is C17H17N3O3S2. The first-order valence-corrected chi connectivity index (χ1v) is 9.45. The van der Waals surface area contributed by atoms with Crippen molar-refractivity contribution >= 4 is 49.8 Å². The minimum absolute atomic E-state index is 0.261. The molecule has 0 saturated carbocycles. The van der Waals surface area contributed by atoms with Crippen molar-refractivity contribution in [2.75, 3.05) is 11.9 Å². The number of rotatable bonds is 6. The van der Waals surface area contributed by atoms with Crippen molar-refractivity contribution in [1.82, 2.24) is 10.3 Å². The van der Waals surface area contributed by atoms with Crippen molar-refractivity contribution < 1.29 is 14.3 Å². The Morgan fingerprint density at radius 2 is 2.16 bits per heavy atom. The molecule has 8 heteroatoms. The highest BCUT2D eigenvalue weighted by molar-refractivity contribution is 7.22. The molecule has 25 heavy (non-hydrogen) atoms. The number of thiophene rings is 1. The van der Waals surface area contributed by atoms with E-state index in [4.69, 9.17) is 4.74 Å². The average Bonchev–Trinajstić information content (AvgIpc) is 3.23. The molecule has 0 aliphatic carbocycles. The lowest BCUT2D eigenvalue weighted by Crippen LogP contribution is -2.41. The van der Waals surface area contributed by atoms with Gasteiger partial charge in [0, 0.05) is 0 Å². The monoisotopic (exact) mass is 375 g/mol. The Morgan fingerprint density at radius 3 is 2.88 bits per heavy atom. The Morgan fingerprint density at radius 1 is 1.32 bits per heavy atom. The van der Waals surface area contributed by atoms with Gasteiger partial charge in [0.2, 0.25) is 5.91 Å². The lowest BCUT2D eigenvalue weighted by molar-refractivity contribution is -0.117. The number of thiazole rings is 1. The number of ether oxygens (including phenoxy) is 1. The van der Waals surface area contributed by atoms with Crippen molar-refractivity contribution in [3.63, 3.8) is 0 Å². The van der Waals surface area contributed by atoms with Crippen LogP contribution in [0.2, 0.25) is 0 Å². The summed E-state index contributed by atoms with van der Waals surface area (Å²) in [4.78, 5) is 29.2. The number of hydrogen-bond donors (Lipinski definition) is 2. The summed E-state index contributed by atoms with van der Waals surface area (Å²) in [6.45, 7) is 4.16. The number of amides is 2. The summed E-state index contributed by atoms with van der Waals surface area (Å²) in [5.41, 5.74) is 0.791. The fourth-order valence-corrected chi connectivity index (χ4v) is 3.69. The molecule has 2 amide bonds. The van der Waals surface area contributed by atoms with Crippen LogP contribution >= 0.6 is 22.7 Å². The van der Waals surface area contributed by atoms with E-state index in [0.29, 0.717) is 16.6 Å². The van der Waals surface area contributed by atoms with Crippen LogP contribution in [0.1, 0.15) is 23.5 Å². The number of benzene rings is 1. The van der Waals surface area contributed by atoms with E-state index in [0.717, 1.165) is 16.0 Å². The highest BCUT2D eigenvalue weighted by atomic mass is 32.1.